The average molecular weight is 272 g/mol. The summed E-state index contributed by atoms with van der Waals surface area (Å²) in [6.45, 7) is 9.96. The molecule has 2 N–H and O–H groups in total. The molecule has 0 fully saturated rings. The van der Waals surface area contributed by atoms with Crippen LogP contribution in [0.15, 0.2) is 0 Å². The fourth-order valence-electron chi connectivity index (χ4n) is 1.87. The van der Waals surface area contributed by atoms with Crippen LogP contribution in [0.5, 0.6) is 0 Å². The lowest BCUT2D eigenvalue weighted by Crippen LogP contribution is -2.46. The summed E-state index contributed by atoms with van der Waals surface area (Å²) in [5.74, 6) is -0.923. The molecule has 112 valence electrons. The molecule has 0 aliphatic carbocycles. The van der Waals surface area contributed by atoms with Gasteiger partial charge in [-0.3, -0.25) is 9.69 Å². The minimum absolute atomic E-state index is 0.203. The monoisotopic (exact) mass is 272 g/mol. The Morgan fingerprint density at radius 1 is 1.26 bits per heavy atom. The Labute approximate surface area is 116 Å². The first-order valence-corrected chi connectivity index (χ1v) is 7.15. The van der Waals surface area contributed by atoms with Crippen LogP contribution in [0.2, 0.25) is 0 Å². The topological polar surface area (TPSA) is 69.6 Å². The van der Waals surface area contributed by atoms with Crippen LogP contribution in [-0.4, -0.2) is 47.6 Å². The normalized spacial score (nSPS) is 12.7. The molecular weight excluding hydrogens is 244 g/mol. The smallest absolute Gasteiger partial charge is 0.326 e. The van der Waals surface area contributed by atoms with Crippen LogP contribution in [-0.2, 0) is 9.59 Å². The molecule has 1 unspecified atom stereocenters. The number of aliphatic carboxylic acids is 1. The van der Waals surface area contributed by atoms with Gasteiger partial charge in [0.2, 0.25) is 5.91 Å². The molecule has 0 saturated carbocycles. The second-order valence-electron chi connectivity index (χ2n) is 5.31. The molecule has 5 heteroatoms. The molecule has 0 aromatic heterocycles. The second-order valence-corrected chi connectivity index (χ2v) is 5.31. The maximum atomic E-state index is 11.9. The zero-order chi connectivity index (χ0) is 14.8. The highest BCUT2D eigenvalue weighted by atomic mass is 16.4. The molecule has 0 bridgehead atoms. The molecule has 1 amide bonds. The fraction of sp³-hybridized carbons (Fsp3) is 0.857. The summed E-state index contributed by atoms with van der Waals surface area (Å²) in [7, 11) is 0. The number of unbranched alkanes of at least 4 members (excludes halogenated alkanes) is 1. The summed E-state index contributed by atoms with van der Waals surface area (Å²) in [6, 6.07) is -0.780. The van der Waals surface area contributed by atoms with Crippen molar-refractivity contribution in [3.05, 3.63) is 0 Å². The van der Waals surface area contributed by atoms with E-state index in [4.69, 9.17) is 5.11 Å². The minimum atomic E-state index is -0.960. The number of hydrogen-bond acceptors (Lipinski definition) is 3. The number of nitrogens with one attached hydrogen (secondary N) is 1. The highest BCUT2D eigenvalue weighted by Gasteiger charge is 2.21. The molecule has 0 aliphatic rings. The Bertz CT molecular complexity index is 280. The van der Waals surface area contributed by atoms with E-state index in [1.807, 2.05) is 25.7 Å². The lowest BCUT2D eigenvalue weighted by molar-refractivity contribution is -0.142. The lowest BCUT2D eigenvalue weighted by Gasteiger charge is -2.22. The SMILES string of the molecule is CCCCN(CC)CC(=O)NC(CC(C)C)C(=O)O. The van der Waals surface area contributed by atoms with Crippen molar-refractivity contribution in [2.24, 2.45) is 5.92 Å². The van der Waals surface area contributed by atoms with Gasteiger partial charge >= 0.3 is 5.97 Å². The Balaban J connectivity index is 4.27. The van der Waals surface area contributed by atoms with E-state index in [2.05, 4.69) is 12.2 Å². The summed E-state index contributed by atoms with van der Waals surface area (Å²) >= 11 is 0. The van der Waals surface area contributed by atoms with Crippen LogP contribution >= 0.6 is 0 Å². The second kappa shape index (κ2) is 9.78. The zero-order valence-corrected chi connectivity index (χ0v) is 12.6. The summed E-state index contributed by atoms with van der Waals surface area (Å²) < 4.78 is 0. The van der Waals surface area contributed by atoms with Gasteiger partial charge in [0.05, 0.1) is 6.54 Å². The van der Waals surface area contributed by atoms with Crippen LogP contribution in [0, 0.1) is 5.92 Å². The zero-order valence-electron chi connectivity index (χ0n) is 12.6. The molecule has 0 spiro atoms. The van der Waals surface area contributed by atoms with Gasteiger partial charge in [0.25, 0.3) is 0 Å². The van der Waals surface area contributed by atoms with Crippen molar-refractivity contribution in [3.8, 4) is 0 Å². The van der Waals surface area contributed by atoms with Gasteiger partial charge in [-0.05, 0) is 31.8 Å². The molecule has 0 saturated heterocycles. The molecular formula is C14H28N2O3. The van der Waals surface area contributed by atoms with Crippen molar-refractivity contribution >= 4 is 11.9 Å². The first kappa shape index (κ1) is 17.9. The largest absolute Gasteiger partial charge is 0.480 e. The van der Waals surface area contributed by atoms with Crippen molar-refractivity contribution in [2.75, 3.05) is 19.6 Å². The van der Waals surface area contributed by atoms with Gasteiger partial charge in [-0.25, -0.2) is 4.79 Å². The average Bonchev–Trinajstić information content (AvgIpc) is 2.32. The third kappa shape index (κ3) is 8.59. The number of hydrogen-bond donors (Lipinski definition) is 2. The molecule has 5 nitrogen and oxygen atoms in total. The van der Waals surface area contributed by atoms with Crippen LogP contribution in [0.3, 0.4) is 0 Å². The third-order valence-corrected chi connectivity index (χ3v) is 2.98. The maximum absolute atomic E-state index is 11.9. The van der Waals surface area contributed by atoms with Gasteiger partial charge in [0.1, 0.15) is 6.04 Å². The fourth-order valence-corrected chi connectivity index (χ4v) is 1.87. The van der Waals surface area contributed by atoms with Gasteiger partial charge in [-0.1, -0.05) is 34.1 Å². The number of carboxylic acid groups (broad SMARTS) is 1. The van der Waals surface area contributed by atoms with E-state index in [0.717, 1.165) is 25.9 Å². The molecule has 19 heavy (non-hydrogen) atoms. The highest BCUT2D eigenvalue weighted by Crippen LogP contribution is 2.05. The quantitative estimate of drug-likeness (QED) is 0.635. The molecule has 0 aliphatic heterocycles. The van der Waals surface area contributed by atoms with Crippen molar-refractivity contribution in [1.82, 2.24) is 10.2 Å². The predicted molar refractivity (Wildman–Crippen MR) is 76.0 cm³/mol. The van der Waals surface area contributed by atoms with E-state index in [0.29, 0.717) is 6.42 Å². The molecule has 0 heterocycles. The van der Waals surface area contributed by atoms with Crippen LogP contribution in [0.1, 0.15) is 47.0 Å². The van der Waals surface area contributed by atoms with Crippen LogP contribution in [0.4, 0.5) is 0 Å². The molecule has 0 radical (unpaired) electrons. The number of likely N-dealkylation sites (N-methyl/N-ethyl adjacent to an activating group) is 1. The number of amides is 1. The van der Waals surface area contributed by atoms with Gasteiger partial charge in [0.15, 0.2) is 0 Å². The van der Waals surface area contributed by atoms with E-state index in [1.165, 1.54) is 0 Å². The summed E-state index contributed by atoms with van der Waals surface area (Å²) in [5, 5.41) is 11.7. The van der Waals surface area contributed by atoms with E-state index in [9.17, 15) is 9.59 Å². The Kier molecular flexibility index (Phi) is 9.21. The van der Waals surface area contributed by atoms with Crippen LogP contribution < -0.4 is 5.32 Å². The predicted octanol–water partition coefficient (Wildman–Crippen LogP) is 1.72. The highest BCUT2D eigenvalue weighted by molar-refractivity contribution is 5.84. The standard InChI is InChI=1S/C14H28N2O3/c1-5-7-8-16(6-2)10-13(17)15-12(14(18)19)9-11(3)4/h11-12H,5-10H2,1-4H3,(H,15,17)(H,18,19). The van der Waals surface area contributed by atoms with Crippen LogP contribution in [0.25, 0.3) is 0 Å². The minimum Gasteiger partial charge on any atom is -0.480 e. The first-order valence-electron chi connectivity index (χ1n) is 7.15. The summed E-state index contributed by atoms with van der Waals surface area (Å²) in [4.78, 5) is 25.0. The number of nitrogens with zero attached hydrogens (tertiary/aromatic N) is 1. The van der Waals surface area contributed by atoms with E-state index in [1.54, 1.807) is 0 Å². The van der Waals surface area contributed by atoms with E-state index < -0.39 is 12.0 Å². The van der Waals surface area contributed by atoms with Crippen molar-refractivity contribution in [1.29, 1.82) is 0 Å². The Hall–Kier alpha value is -1.10. The number of carbonyl (C=O) groups is 2. The van der Waals surface area contributed by atoms with Crippen molar-refractivity contribution in [2.45, 2.75) is 53.0 Å². The molecule has 1 atom stereocenters. The maximum Gasteiger partial charge on any atom is 0.326 e. The van der Waals surface area contributed by atoms with E-state index in [-0.39, 0.29) is 18.4 Å². The van der Waals surface area contributed by atoms with Gasteiger partial charge in [-0.2, -0.15) is 0 Å². The first-order chi connectivity index (χ1) is 8.90. The van der Waals surface area contributed by atoms with Gasteiger partial charge in [0, 0.05) is 0 Å². The third-order valence-electron chi connectivity index (χ3n) is 2.98. The molecule has 0 rings (SSSR count). The molecule has 0 aromatic carbocycles. The van der Waals surface area contributed by atoms with E-state index >= 15 is 0 Å². The Morgan fingerprint density at radius 3 is 2.32 bits per heavy atom. The summed E-state index contributed by atoms with van der Waals surface area (Å²) in [6.07, 6.45) is 2.60. The molecule has 0 aromatic rings. The van der Waals surface area contributed by atoms with Gasteiger partial charge < -0.3 is 10.4 Å². The summed E-state index contributed by atoms with van der Waals surface area (Å²) in [5.41, 5.74) is 0. The van der Waals surface area contributed by atoms with Crippen molar-refractivity contribution in [3.63, 3.8) is 0 Å². The Morgan fingerprint density at radius 2 is 1.89 bits per heavy atom. The number of carboxylic acids is 1. The van der Waals surface area contributed by atoms with Gasteiger partial charge in [-0.15, -0.1) is 0 Å². The van der Waals surface area contributed by atoms with Crippen molar-refractivity contribution < 1.29 is 14.7 Å². The number of carbonyl (C=O) groups excluding carboxylic acids is 1. The number of rotatable bonds is 10. The lowest BCUT2D eigenvalue weighted by atomic mass is 10.0.